The molecule has 0 aliphatic carbocycles. The van der Waals surface area contributed by atoms with Crippen molar-refractivity contribution in [3.63, 3.8) is 0 Å². The van der Waals surface area contributed by atoms with Gasteiger partial charge in [-0.25, -0.2) is 0 Å². The maximum Gasteiger partial charge on any atom is 0.389 e. The third-order valence-corrected chi connectivity index (χ3v) is 3.92. The molecule has 0 heterocycles. The quantitative estimate of drug-likeness (QED) is 0.603. The third kappa shape index (κ3) is 3.77. The van der Waals surface area contributed by atoms with Gasteiger partial charge in [-0.3, -0.25) is 0 Å². The van der Waals surface area contributed by atoms with Crippen LogP contribution in [0.2, 0.25) is 0 Å². The summed E-state index contributed by atoms with van der Waals surface area (Å²) >= 11 is 0. The van der Waals surface area contributed by atoms with Crippen LogP contribution < -0.4 is 5.73 Å². The minimum Gasteiger partial charge on any atom is -0.324 e. The summed E-state index contributed by atoms with van der Waals surface area (Å²) < 4.78 is 37.5. The summed E-state index contributed by atoms with van der Waals surface area (Å²) in [5.74, 6) is 0. The van der Waals surface area contributed by atoms with E-state index in [1.165, 1.54) is 0 Å². The number of alkyl halides is 3. The maximum absolute atomic E-state index is 12.5. The molecule has 3 aromatic carbocycles. The van der Waals surface area contributed by atoms with E-state index >= 15 is 0 Å². The second-order valence-corrected chi connectivity index (χ2v) is 5.49. The van der Waals surface area contributed by atoms with E-state index in [1.54, 1.807) is 0 Å². The molecule has 0 unspecified atom stereocenters. The highest BCUT2D eigenvalue weighted by atomic mass is 35.5. The Kier molecular flexibility index (Phi) is 5.17. The van der Waals surface area contributed by atoms with Crippen LogP contribution in [0.4, 0.5) is 13.2 Å². The normalized spacial score (nSPS) is 13.0. The first-order valence-electron chi connectivity index (χ1n) is 7.18. The molecule has 0 saturated heterocycles. The van der Waals surface area contributed by atoms with Crippen molar-refractivity contribution in [3.05, 3.63) is 60.2 Å². The fourth-order valence-corrected chi connectivity index (χ4v) is 2.91. The standard InChI is InChI=1S/C18H16F3N.ClH/c19-18(20,21)10-9-16(22)17-14-7-3-1-5-12(14)11-13-6-2-4-8-15(13)17;/h1-8,11,16H,9-10,22H2;1H/t16-;/m1./s1. The second kappa shape index (κ2) is 6.77. The van der Waals surface area contributed by atoms with Gasteiger partial charge in [0.1, 0.15) is 0 Å². The smallest absolute Gasteiger partial charge is 0.324 e. The summed E-state index contributed by atoms with van der Waals surface area (Å²) in [6.45, 7) is 0. The molecule has 1 nitrogen and oxygen atoms in total. The molecule has 5 heteroatoms. The van der Waals surface area contributed by atoms with Gasteiger partial charge in [-0.2, -0.15) is 13.2 Å². The zero-order chi connectivity index (χ0) is 15.7. The highest BCUT2D eigenvalue weighted by Crippen LogP contribution is 2.35. The first-order valence-corrected chi connectivity index (χ1v) is 7.18. The predicted octanol–water partition coefficient (Wildman–Crippen LogP) is 5.76. The van der Waals surface area contributed by atoms with E-state index in [4.69, 9.17) is 5.73 Å². The van der Waals surface area contributed by atoms with Crippen molar-refractivity contribution in [2.45, 2.75) is 25.1 Å². The van der Waals surface area contributed by atoms with Crippen LogP contribution in [0.25, 0.3) is 21.5 Å². The van der Waals surface area contributed by atoms with Crippen molar-refractivity contribution in [2.24, 2.45) is 5.73 Å². The Morgan fingerprint density at radius 3 is 1.83 bits per heavy atom. The number of rotatable bonds is 3. The molecule has 0 aliphatic rings. The van der Waals surface area contributed by atoms with Crippen LogP contribution in [-0.4, -0.2) is 6.18 Å². The van der Waals surface area contributed by atoms with Gasteiger partial charge < -0.3 is 5.73 Å². The molecule has 1 atom stereocenters. The van der Waals surface area contributed by atoms with Gasteiger partial charge in [0.2, 0.25) is 0 Å². The molecule has 0 fully saturated rings. The molecular formula is C18H17ClF3N. The average Bonchev–Trinajstić information content (AvgIpc) is 2.49. The lowest BCUT2D eigenvalue weighted by molar-refractivity contribution is -0.136. The molecular weight excluding hydrogens is 323 g/mol. The van der Waals surface area contributed by atoms with Crippen LogP contribution in [0.1, 0.15) is 24.4 Å². The summed E-state index contributed by atoms with van der Waals surface area (Å²) in [5, 5.41) is 3.85. The summed E-state index contributed by atoms with van der Waals surface area (Å²) in [6.07, 6.45) is -5.16. The minimum atomic E-state index is -4.18. The zero-order valence-corrected chi connectivity index (χ0v) is 13.1. The Morgan fingerprint density at radius 1 is 0.870 bits per heavy atom. The molecule has 0 radical (unpaired) electrons. The lowest BCUT2D eigenvalue weighted by Crippen LogP contribution is -2.16. The van der Waals surface area contributed by atoms with Crippen LogP contribution in [0.5, 0.6) is 0 Å². The lowest BCUT2D eigenvalue weighted by Gasteiger charge is -2.18. The van der Waals surface area contributed by atoms with Gasteiger partial charge in [-0.15, -0.1) is 12.4 Å². The van der Waals surface area contributed by atoms with Gasteiger partial charge in [0.15, 0.2) is 0 Å². The first-order chi connectivity index (χ1) is 10.5. The molecule has 0 bridgehead atoms. The molecule has 0 amide bonds. The van der Waals surface area contributed by atoms with E-state index in [0.29, 0.717) is 0 Å². The Morgan fingerprint density at radius 2 is 1.35 bits per heavy atom. The van der Waals surface area contributed by atoms with Gasteiger partial charge in [0.25, 0.3) is 0 Å². The molecule has 3 rings (SSSR count). The van der Waals surface area contributed by atoms with Crippen LogP contribution in [-0.2, 0) is 0 Å². The largest absolute Gasteiger partial charge is 0.389 e. The second-order valence-electron chi connectivity index (χ2n) is 5.49. The minimum absolute atomic E-state index is 0. The molecule has 0 spiro atoms. The van der Waals surface area contributed by atoms with Crippen molar-refractivity contribution in [3.8, 4) is 0 Å². The molecule has 23 heavy (non-hydrogen) atoms. The van der Waals surface area contributed by atoms with Crippen LogP contribution in [0, 0.1) is 0 Å². The highest BCUT2D eigenvalue weighted by molar-refractivity contribution is 6.02. The lowest BCUT2D eigenvalue weighted by atomic mass is 9.90. The number of halogens is 4. The van der Waals surface area contributed by atoms with Crippen LogP contribution in [0.15, 0.2) is 54.6 Å². The number of benzene rings is 3. The van der Waals surface area contributed by atoms with Gasteiger partial charge in [0, 0.05) is 12.5 Å². The average molecular weight is 340 g/mol. The predicted molar refractivity (Wildman–Crippen MR) is 90.9 cm³/mol. The van der Waals surface area contributed by atoms with Crippen molar-refractivity contribution in [2.75, 3.05) is 0 Å². The number of fused-ring (bicyclic) bond motifs is 2. The highest BCUT2D eigenvalue weighted by Gasteiger charge is 2.28. The van der Waals surface area contributed by atoms with E-state index in [2.05, 4.69) is 0 Å². The van der Waals surface area contributed by atoms with E-state index in [9.17, 15) is 13.2 Å². The Bertz CT molecular complexity index is 760. The van der Waals surface area contributed by atoms with Crippen LogP contribution >= 0.6 is 12.4 Å². The van der Waals surface area contributed by atoms with E-state index in [1.807, 2.05) is 54.6 Å². The summed E-state index contributed by atoms with van der Waals surface area (Å²) in [4.78, 5) is 0. The maximum atomic E-state index is 12.5. The van der Waals surface area contributed by atoms with E-state index < -0.39 is 18.6 Å². The molecule has 3 aromatic rings. The number of nitrogens with two attached hydrogens (primary N) is 1. The van der Waals surface area contributed by atoms with Gasteiger partial charge in [0.05, 0.1) is 0 Å². The summed E-state index contributed by atoms with van der Waals surface area (Å²) in [6, 6.07) is 16.8. The van der Waals surface area contributed by atoms with Crippen molar-refractivity contribution in [1.82, 2.24) is 0 Å². The fourth-order valence-electron chi connectivity index (χ4n) is 2.91. The topological polar surface area (TPSA) is 26.0 Å². The van der Waals surface area contributed by atoms with Gasteiger partial charge in [-0.05, 0) is 39.6 Å². The number of hydrogen-bond acceptors (Lipinski definition) is 1. The summed E-state index contributed by atoms with van der Waals surface area (Å²) in [5.41, 5.74) is 6.94. The zero-order valence-electron chi connectivity index (χ0n) is 12.3. The molecule has 122 valence electrons. The van der Waals surface area contributed by atoms with Crippen LogP contribution in [0.3, 0.4) is 0 Å². The monoisotopic (exact) mass is 339 g/mol. The molecule has 0 aliphatic heterocycles. The van der Waals surface area contributed by atoms with E-state index in [0.717, 1.165) is 27.1 Å². The molecule has 0 aromatic heterocycles. The molecule has 2 N–H and O–H groups in total. The van der Waals surface area contributed by atoms with Gasteiger partial charge >= 0.3 is 6.18 Å². The van der Waals surface area contributed by atoms with E-state index in [-0.39, 0.29) is 18.8 Å². The third-order valence-electron chi connectivity index (χ3n) is 3.92. The number of hydrogen-bond donors (Lipinski definition) is 1. The first kappa shape index (κ1) is 17.6. The Labute approximate surface area is 138 Å². The van der Waals surface area contributed by atoms with Crippen molar-refractivity contribution >= 4 is 34.0 Å². The molecule has 0 saturated carbocycles. The van der Waals surface area contributed by atoms with Crippen molar-refractivity contribution in [1.29, 1.82) is 0 Å². The SMILES string of the molecule is Cl.N[C@H](CCC(F)(F)F)c1c2ccccc2cc2ccccc12. The Balaban J connectivity index is 0.00000192. The fraction of sp³-hybridized carbons (Fsp3) is 0.222. The summed E-state index contributed by atoms with van der Waals surface area (Å²) in [7, 11) is 0. The van der Waals surface area contributed by atoms with Gasteiger partial charge in [-0.1, -0.05) is 48.5 Å². The Hall–Kier alpha value is -1.78. The van der Waals surface area contributed by atoms with Crippen molar-refractivity contribution < 1.29 is 13.2 Å².